The van der Waals surface area contributed by atoms with E-state index in [1.807, 2.05) is 0 Å². The number of amides is 1. The first-order chi connectivity index (χ1) is 9.51. The third-order valence-electron chi connectivity index (χ3n) is 3.32. The molecule has 1 saturated heterocycles. The van der Waals surface area contributed by atoms with E-state index in [1.54, 1.807) is 17.0 Å². The molecule has 6 nitrogen and oxygen atoms in total. The summed E-state index contributed by atoms with van der Waals surface area (Å²) in [5.41, 5.74) is 1.03. The van der Waals surface area contributed by atoms with E-state index in [2.05, 4.69) is 4.74 Å². The zero-order valence-electron chi connectivity index (χ0n) is 11.0. The fourth-order valence-corrected chi connectivity index (χ4v) is 2.22. The molecule has 1 fully saturated rings. The average Bonchev–Trinajstić information content (AvgIpc) is 2.80. The molecule has 0 aliphatic carbocycles. The van der Waals surface area contributed by atoms with Crippen molar-refractivity contribution < 1.29 is 24.2 Å². The van der Waals surface area contributed by atoms with Gasteiger partial charge in [0.15, 0.2) is 0 Å². The number of ether oxygens (including phenoxy) is 1. The quantitative estimate of drug-likeness (QED) is 0.827. The molecule has 1 heterocycles. The summed E-state index contributed by atoms with van der Waals surface area (Å²) < 4.78 is 4.64. The topological polar surface area (TPSA) is 83.9 Å². The standard InChI is InChI=1S/C14H15NO5/c1-20-14(19)11-6-12(16)15(8-11)7-9-2-4-10(5-3-9)13(17)18/h2-5,11H,6-8H2,1H3,(H,17,18). The highest BCUT2D eigenvalue weighted by Crippen LogP contribution is 2.21. The van der Waals surface area contributed by atoms with Gasteiger partial charge in [0.2, 0.25) is 5.91 Å². The molecule has 20 heavy (non-hydrogen) atoms. The van der Waals surface area contributed by atoms with Gasteiger partial charge in [0.25, 0.3) is 0 Å². The lowest BCUT2D eigenvalue weighted by Crippen LogP contribution is -2.26. The summed E-state index contributed by atoms with van der Waals surface area (Å²) in [5.74, 6) is -1.87. The van der Waals surface area contributed by atoms with Crippen LogP contribution in [0.5, 0.6) is 0 Å². The molecule has 106 valence electrons. The number of hydrogen-bond acceptors (Lipinski definition) is 4. The molecule has 1 aromatic rings. The monoisotopic (exact) mass is 277 g/mol. The summed E-state index contributed by atoms with van der Waals surface area (Å²) in [6.45, 7) is 0.707. The van der Waals surface area contributed by atoms with Gasteiger partial charge in [-0.25, -0.2) is 4.79 Å². The molecule has 0 radical (unpaired) electrons. The van der Waals surface area contributed by atoms with E-state index in [4.69, 9.17) is 5.11 Å². The summed E-state index contributed by atoms with van der Waals surface area (Å²) in [4.78, 5) is 35.5. The number of methoxy groups -OCH3 is 1. The van der Waals surface area contributed by atoms with Gasteiger partial charge in [-0.15, -0.1) is 0 Å². The number of carbonyl (C=O) groups excluding carboxylic acids is 2. The van der Waals surface area contributed by atoms with Crippen LogP contribution in [0.15, 0.2) is 24.3 Å². The van der Waals surface area contributed by atoms with Gasteiger partial charge in [0, 0.05) is 19.5 Å². The molecule has 0 spiro atoms. The predicted molar refractivity (Wildman–Crippen MR) is 68.9 cm³/mol. The highest BCUT2D eigenvalue weighted by atomic mass is 16.5. The van der Waals surface area contributed by atoms with Gasteiger partial charge in [0.05, 0.1) is 18.6 Å². The van der Waals surface area contributed by atoms with Crippen LogP contribution in [0.3, 0.4) is 0 Å². The van der Waals surface area contributed by atoms with Crippen molar-refractivity contribution in [3.8, 4) is 0 Å². The normalized spacial score (nSPS) is 18.1. The van der Waals surface area contributed by atoms with Crippen LogP contribution in [0.4, 0.5) is 0 Å². The lowest BCUT2D eigenvalue weighted by atomic mass is 10.1. The molecule has 1 amide bonds. The van der Waals surface area contributed by atoms with Gasteiger partial charge >= 0.3 is 11.9 Å². The van der Waals surface area contributed by atoms with Gasteiger partial charge < -0.3 is 14.7 Å². The number of likely N-dealkylation sites (tertiary alicyclic amines) is 1. The predicted octanol–water partition coefficient (Wildman–Crippen LogP) is 0.906. The van der Waals surface area contributed by atoms with Crippen molar-refractivity contribution in [3.63, 3.8) is 0 Å². The van der Waals surface area contributed by atoms with E-state index < -0.39 is 11.9 Å². The number of hydrogen-bond donors (Lipinski definition) is 1. The number of esters is 1. The van der Waals surface area contributed by atoms with Gasteiger partial charge in [-0.05, 0) is 17.7 Å². The van der Waals surface area contributed by atoms with Crippen molar-refractivity contribution >= 4 is 17.8 Å². The molecule has 0 bridgehead atoms. The molecular weight excluding hydrogens is 262 g/mol. The zero-order chi connectivity index (χ0) is 14.7. The van der Waals surface area contributed by atoms with Crippen LogP contribution in [0.2, 0.25) is 0 Å². The van der Waals surface area contributed by atoms with E-state index in [1.165, 1.54) is 19.2 Å². The van der Waals surface area contributed by atoms with Crippen molar-refractivity contribution in [3.05, 3.63) is 35.4 Å². The number of carbonyl (C=O) groups is 3. The molecule has 1 unspecified atom stereocenters. The largest absolute Gasteiger partial charge is 0.478 e. The zero-order valence-corrected chi connectivity index (χ0v) is 11.0. The fraction of sp³-hybridized carbons (Fsp3) is 0.357. The van der Waals surface area contributed by atoms with Gasteiger partial charge in [0.1, 0.15) is 0 Å². The van der Waals surface area contributed by atoms with Crippen LogP contribution < -0.4 is 0 Å². The highest BCUT2D eigenvalue weighted by molar-refractivity contribution is 5.88. The smallest absolute Gasteiger partial charge is 0.335 e. The van der Waals surface area contributed by atoms with E-state index in [0.29, 0.717) is 13.1 Å². The van der Waals surface area contributed by atoms with Crippen LogP contribution in [0.1, 0.15) is 22.3 Å². The first-order valence-electron chi connectivity index (χ1n) is 6.19. The molecule has 1 aliphatic rings. The van der Waals surface area contributed by atoms with Crippen LogP contribution >= 0.6 is 0 Å². The Morgan fingerprint density at radius 2 is 2.00 bits per heavy atom. The molecule has 1 N–H and O–H groups in total. The Kier molecular flexibility index (Phi) is 4.02. The van der Waals surface area contributed by atoms with Crippen LogP contribution in [0, 0.1) is 5.92 Å². The maximum absolute atomic E-state index is 11.8. The molecule has 0 saturated carbocycles. The van der Waals surface area contributed by atoms with Crippen molar-refractivity contribution in [2.45, 2.75) is 13.0 Å². The van der Waals surface area contributed by atoms with Crippen molar-refractivity contribution in [2.24, 2.45) is 5.92 Å². The number of carboxylic acid groups (broad SMARTS) is 1. The van der Waals surface area contributed by atoms with Gasteiger partial charge in [-0.1, -0.05) is 12.1 Å². The highest BCUT2D eigenvalue weighted by Gasteiger charge is 2.34. The van der Waals surface area contributed by atoms with Crippen molar-refractivity contribution in [1.82, 2.24) is 4.90 Å². The summed E-state index contributed by atoms with van der Waals surface area (Å²) in [5, 5.41) is 8.81. The van der Waals surface area contributed by atoms with Crippen molar-refractivity contribution in [2.75, 3.05) is 13.7 Å². The number of benzene rings is 1. The number of carboxylic acids is 1. The fourth-order valence-electron chi connectivity index (χ4n) is 2.22. The Bertz CT molecular complexity index is 537. The van der Waals surface area contributed by atoms with E-state index in [0.717, 1.165) is 5.56 Å². The van der Waals surface area contributed by atoms with E-state index >= 15 is 0 Å². The molecule has 2 rings (SSSR count). The molecule has 6 heteroatoms. The summed E-state index contributed by atoms with van der Waals surface area (Å²) in [7, 11) is 1.31. The second kappa shape index (κ2) is 5.73. The summed E-state index contributed by atoms with van der Waals surface area (Å²) >= 11 is 0. The third-order valence-corrected chi connectivity index (χ3v) is 3.32. The molecule has 1 aliphatic heterocycles. The Balaban J connectivity index is 2.01. The Labute approximate surface area is 115 Å². The first-order valence-corrected chi connectivity index (χ1v) is 6.19. The van der Waals surface area contributed by atoms with Crippen LogP contribution in [-0.4, -0.2) is 41.5 Å². The third kappa shape index (κ3) is 2.96. The lowest BCUT2D eigenvalue weighted by molar-refractivity contribution is -0.145. The van der Waals surface area contributed by atoms with E-state index in [-0.39, 0.29) is 23.9 Å². The maximum Gasteiger partial charge on any atom is 0.335 e. The van der Waals surface area contributed by atoms with Gasteiger partial charge in [-0.3, -0.25) is 9.59 Å². The molecular formula is C14H15NO5. The number of nitrogens with zero attached hydrogens (tertiary/aromatic N) is 1. The Hall–Kier alpha value is -2.37. The van der Waals surface area contributed by atoms with E-state index in [9.17, 15) is 14.4 Å². The summed E-state index contributed by atoms with van der Waals surface area (Å²) in [6, 6.07) is 6.33. The lowest BCUT2D eigenvalue weighted by Gasteiger charge is -2.16. The minimum atomic E-state index is -0.987. The SMILES string of the molecule is COC(=O)C1CC(=O)N(Cc2ccc(C(=O)O)cc2)C1. The molecule has 0 aromatic heterocycles. The second-order valence-corrected chi connectivity index (χ2v) is 4.70. The van der Waals surface area contributed by atoms with Crippen molar-refractivity contribution in [1.29, 1.82) is 0 Å². The van der Waals surface area contributed by atoms with Crippen LogP contribution in [0.25, 0.3) is 0 Å². The Morgan fingerprint density at radius 1 is 1.35 bits per heavy atom. The first kappa shape index (κ1) is 14.0. The molecule has 1 aromatic carbocycles. The van der Waals surface area contributed by atoms with Crippen LogP contribution in [-0.2, 0) is 20.9 Å². The molecule has 1 atom stereocenters. The average molecular weight is 277 g/mol. The maximum atomic E-state index is 11.8. The Morgan fingerprint density at radius 3 is 2.55 bits per heavy atom. The minimum absolute atomic E-state index is 0.0947. The minimum Gasteiger partial charge on any atom is -0.478 e. The number of aromatic carboxylic acids is 1. The number of rotatable bonds is 4. The second-order valence-electron chi connectivity index (χ2n) is 4.70. The summed E-state index contributed by atoms with van der Waals surface area (Å²) in [6.07, 6.45) is 0.167. The van der Waals surface area contributed by atoms with Gasteiger partial charge in [-0.2, -0.15) is 0 Å².